The Labute approximate surface area is 138 Å². The van der Waals surface area contributed by atoms with Crippen LogP contribution in [0.3, 0.4) is 0 Å². The standard InChI is InChI=1S/C20H24N2O/c1-16-6-8-19(9-7-16)20(23)22-12-10-21(11-13-22)15-18-5-3-4-17(2)14-18/h3-9,14H,10-13,15H2,1-2H3. The third-order valence-corrected chi connectivity index (χ3v) is 4.45. The zero-order valence-corrected chi connectivity index (χ0v) is 14.0. The quantitative estimate of drug-likeness (QED) is 0.869. The normalized spacial score (nSPS) is 15.7. The Kier molecular flexibility index (Phi) is 4.77. The van der Waals surface area contributed by atoms with Crippen molar-refractivity contribution in [3.05, 3.63) is 70.8 Å². The highest BCUT2D eigenvalue weighted by Crippen LogP contribution is 2.13. The molecule has 0 bridgehead atoms. The highest BCUT2D eigenvalue weighted by Gasteiger charge is 2.22. The molecule has 1 aliphatic rings. The van der Waals surface area contributed by atoms with Crippen LogP contribution in [-0.4, -0.2) is 41.9 Å². The predicted octanol–water partition coefficient (Wildman–Crippen LogP) is 3.26. The van der Waals surface area contributed by atoms with Crippen LogP contribution in [0.25, 0.3) is 0 Å². The maximum Gasteiger partial charge on any atom is 0.253 e. The monoisotopic (exact) mass is 308 g/mol. The summed E-state index contributed by atoms with van der Waals surface area (Å²) in [5.41, 5.74) is 4.63. The van der Waals surface area contributed by atoms with Gasteiger partial charge in [-0.15, -0.1) is 0 Å². The molecule has 3 nitrogen and oxygen atoms in total. The van der Waals surface area contributed by atoms with Gasteiger partial charge in [-0.25, -0.2) is 0 Å². The second-order valence-corrected chi connectivity index (χ2v) is 6.42. The first-order valence-corrected chi connectivity index (χ1v) is 8.26. The van der Waals surface area contributed by atoms with Gasteiger partial charge in [0.25, 0.3) is 5.91 Å². The number of aryl methyl sites for hydroxylation is 2. The summed E-state index contributed by atoms with van der Waals surface area (Å²) in [5, 5.41) is 0. The molecule has 0 aromatic heterocycles. The maximum atomic E-state index is 12.5. The Balaban J connectivity index is 1.55. The highest BCUT2D eigenvalue weighted by atomic mass is 16.2. The minimum atomic E-state index is 0.153. The Morgan fingerprint density at radius 1 is 0.913 bits per heavy atom. The molecular weight excluding hydrogens is 284 g/mol. The zero-order chi connectivity index (χ0) is 16.2. The van der Waals surface area contributed by atoms with Crippen molar-refractivity contribution in [2.75, 3.05) is 26.2 Å². The van der Waals surface area contributed by atoms with Crippen LogP contribution in [0, 0.1) is 13.8 Å². The Bertz CT molecular complexity index is 670. The lowest BCUT2D eigenvalue weighted by molar-refractivity contribution is 0.0628. The summed E-state index contributed by atoms with van der Waals surface area (Å²) >= 11 is 0. The number of amides is 1. The molecule has 1 amide bonds. The molecule has 1 fully saturated rings. The number of piperazine rings is 1. The van der Waals surface area contributed by atoms with E-state index in [0.29, 0.717) is 0 Å². The van der Waals surface area contributed by atoms with Crippen LogP contribution in [0.1, 0.15) is 27.0 Å². The molecular formula is C20H24N2O. The van der Waals surface area contributed by atoms with E-state index in [0.717, 1.165) is 38.3 Å². The van der Waals surface area contributed by atoms with Gasteiger partial charge in [-0.3, -0.25) is 9.69 Å². The van der Waals surface area contributed by atoms with Gasteiger partial charge in [0.15, 0.2) is 0 Å². The third kappa shape index (κ3) is 3.99. The predicted molar refractivity (Wildman–Crippen MR) is 93.5 cm³/mol. The summed E-state index contributed by atoms with van der Waals surface area (Å²) in [6, 6.07) is 16.5. The van der Waals surface area contributed by atoms with Crippen molar-refractivity contribution >= 4 is 5.91 Å². The third-order valence-electron chi connectivity index (χ3n) is 4.45. The smallest absolute Gasteiger partial charge is 0.253 e. The molecule has 0 atom stereocenters. The highest BCUT2D eigenvalue weighted by molar-refractivity contribution is 5.94. The molecule has 0 saturated carbocycles. The summed E-state index contributed by atoms with van der Waals surface area (Å²) < 4.78 is 0. The van der Waals surface area contributed by atoms with Crippen molar-refractivity contribution in [3.8, 4) is 0 Å². The van der Waals surface area contributed by atoms with E-state index in [1.165, 1.54) is 16.7 Å². The van der Waals surface area contributed by atoms with Gasteiger partial charge in [0.1, 0.15) is 0 Å². The maximum absolute atomic E-state index is 12.5. The summed E-state index contributed by atoms with van der Waals surface area (Å²) in [4.78, 5) is 16.9. The van der Waals surface area contributed by atoms with Crippen LogP contribution >= 0.6 is 0 Å². The molecule has 1 heterocycles. The van der Waals surface area contributed by atoms with Gasteiger partial charge in [-0.1, -0.05) is 47.5 Å². The van der Waals surface area contributed by atoms with E-state index >= 15 is 0 Å². The topological polar surface area (TPSA) is 23.6 Å². The van der Waals surface area contributed by atoms with E-state index in [9.17, 15) is 4.79 Å². The van der Waals surface area contributed by atoms with Gasteiger partial charge in [0, 0.05) is 38.3 Å². The molecule has 0 radical (unpaired) electrons. The van der Waals surface area contributed by atoms with Gasteiger partial charge >= 0.3 is 0 Å². The molecule has 2 aromatic rings. The number of rotatable bonds is 3. The van der Waals surface area contributed by atoms with E-state index in [1.807, 2.05) is 36.1 Å². The Morgan fingerprint density at radius 2 is 1.61 bits per heavy atom. The lowest BCUT2D eigenvalue weighted by atomic mass is 10.1. The van der Waals surface area contributed by atoms with Crippen LogP contribution in [-0.2, 0) is 6.54 Å². The average molecular weight is 308 g/mol. The molecule has 0 spiro atoms. The number of carbonyl (C=O) groups is 1. The lowest BCUT2D eigenvalue weighted by Crippen LogP contribution is -2.48. The molecule has 23 heavy (non-hydrogen) atoms. The summed E-state index contributed by atoms with van der Waals surface area (Å²) in [5.74, 6) is 0.153. The molecule has 3 heteroatoms. The van der Waals surface area contributed by atoms with E-state index < -0.39 is 0 Å². The van der Waals surface area contributed by atoms with Crippen LogP contribution in [0.15, 0.2) is 48.5 Å². The first-order chi connectivity index (χ1) is 11.1. The SMILES string of the molecule is Cc1ccc(C(=O)N2CCN(Cc3cccc(C)c3)CC2)cc1. The number of nitrogens with zero attached hydrogens (tertiary/aromatic N) is 2. The first kappa shape index (κ1) is 15.8. The summed E-state index contributed by atoms with van der Waals surface area (Å²) in [6.07, 6.45) is 0. The first-order valence-electron chi connectivity index (χ1n) is 8.26. The zero-order valence-electron chi connectivity index (χ0n) is 14.0. The Hall–Kier alpha value is -2.13. The van der Waals surface area contributed by atoms with Crippen molar-refractivity contribution < 1.29 is 4.79 Å². The molecule has 0 N–H and O–H groups in total. The lowest BCUT2D eigenvalue weighted by Gasteiger charge is -2.34. The largest absolute Gasteiger partial charge is 0.336 e. The van der Waals surface area contributed by atoms with Crippen LogP contribution < -0.4 is 0 Å². The average Bonchev–Trinajstić information content (AvgIpc) is 2.56. The minimum absolute atomic E-state index is 0.153. The van der Waals surface area contributed by atoms with Gasteiger partial charge in [-0.2, -0.15) is 0 Å². The summed E-state index contributed by atoms with van der Waals surface area (Å²) in [6.45, 7) is 8.61. The van der Waals surface area contributed by atoms with Crippen LogP contribution in [0.4, 0.5) is 0 Å². The van der Waals surface area contributed by atoms with Crippen molar-refractivity contribution in [1.82, 2.24) is 9.80 Å². The molecule has 120 valence electrons. The molecule has 0 unspecified atom stereocenters. The Morgan fingerprint density at radius 3 is 2.26 bits per heavy atom. The fraction of sp³-hybridized carbons (Fsp3) is 0.350. The number of carbonyl (C=O) groups excluding carboxylic acids is 1. The second-order valence-electron chi connectivity index (χ2n) is 6.42. The van der Waals surface area contributed by atoms with Gasteiger partial charge < -0.3 is 4.90 Å². The fourth-order valence-electron chi connectivity index (χ4n) is 3.06. The van der Waals surface area contributed by atoms with E-state index in [-0.39, 0.29) is 5.91 Å². The van der Waals surface area contributed by atoms with Crippen molar-refractivity contribution in [2.45, 2.75) is 20.4 Å². The molecule has 3 rings (SSSR count). The van der Waals surface area contributed by atoms with E-state index in [1.54, 1.807) is 0 Å². The molecule has 0 aliphatic carbocycles. The van der Waals surface area contributed by atoms with Gasteiger partial charge in [0.2, 0.25) is 0 Å². The van der Waals surface area contributed by atoms with E-state index in [2.05, 4.69) is 36.1 Å². The minimum Gasteiger partial charge on any atom is -0.336 e. The van der Waals surface area contributed by atoms with Crippen molar-refractivity contribution in [3.63, 3.8) is 0 Å². The fourth-order valence-corrected chi connectivity index (χ4v) is 3.06. The van der Waals surface area contributed by atoms with Crippen molar-refractivity contribution in [1.29, 1.82) is 0 Å². The molecule has 1 saturated heterocycles. The van der Waals surface area contributed by atoms with Crippen LogP contribution in [0.2, 0.25) is 0 Å². The van der Waals surface area contributed by atoms with Crippen LogP contribution in [0.5, 0.6) is 0 Å². The van der Waals surface area contributed by atoms with Gasteiger partial charge in [0.05, 0.1) is 0 Å². The van der Waals surface area contributed by atoms with Crippen molar-refractivity contribution in [2.24, 2.45) is 0 Å². The van der Waals surface area contributed by atoms with Gasteiger partial charge in [-0.05, 0) is 31.5 Å². The number of benzene rings is 2. The molecule has 2 aromatic carbocycles. The number of hydrogen-bond acceptors (Lipinski definition) is 2. The summed E-state index contributed by atoms with van der Waals surface area (Å²) in [7, 11) is 0. The molecule has 1 aliphatic heterocycles. The second kappa shape index (κ2) is 6.97. The number of hydrogen-bond donors (Lipinski definition) is 0. The van der Waals surface area contributed by atoms with E-state index in [4.69, 9.17) is 0 Å².